The van der Waals surface area contributed by atoms with E-state index in [4.69, 9.17) is 9.47 Å². The fourth-order valence-electron chi connectivity index (χ4n) is 5.63. The van der Waals surface area contributed by atoms with Crippen LogP contribution in [0.15, 0.2) is 48.5 Å². The zero-order valence-electron chi connectivity index (χ0n) is 30.1. The number of nitrogens with one attached hydrogen (secondary N) is 2. The first-order valence-corrected chi connectivity index (χ1v) is 16.7. The van der Waals surface area contributed by atoms with Crippen LogP contribution in [0.1, 0.15) is 103 Å². The topological polar surface area (TPSA) is 114 Å². The van der Waals surface area contributed by atoms with Crippen LogP contribution in [0.25, 0.3) is 0 Å². The minimum absolute atomic E-state index is 0.0627. The maximum atomic E-state index is 14.7. The van der Waals surface area contributed by atoms with Crippen molar-refractivity contribution in [1.82, 2.24) is 15.5 Å². The van der Waals surface area contributed by atoms with E-state index in [1.54, 1.807) is 46.4 Å². The van der Waals surface area contributed by atoms with Gasteiger partial charge in [-0.2, -0.15) is 0 Å². The lowest BCUT2D eigenvalue weighted by molar-refractivity contribution is -0.159. The van der Waals surface area contributed by atoms with Crippen LogP contribution in [-0.4, -0.2) is 58.1 Å². The molecule has 3 rings (SSSR count). The molecule has 3 amide bonds. The van der Waals surface area contributed by atoms with Gasteiger partial charge in [0.05, 0.1) is 0 Å². The summed E-state index contributed by atoms with van der Waals surface area (Å²) in [6.07, 6.45) is 0.581. The number of alkyl carbamates (subject to hydrolysis) is 1. The van der Waals surface area contributed by atoms with Gasteiger partial charge in [0.25, 0.3) is 0 Å². The summed E-state index contributed by atoms with van der Waals surface area (Å²) >= 11 is 0. The Hall–Kier alpha value is -3.88. The molecule has 9 heteroatoms. The van der Waals surface area contributed by atoms with Crippen molar-refractivity contribution in [2.45, 2.75) is 131 Å². The quantitative estimate of drug-likeness (QED) is 0.251. The Kier molecular flexibility index (Phi) is 12.3. The molecule has 0 spiro atoms. The number of hydrogen-bond acceptors (Lipinski definition) is 6. The smallest absolute Gasteiger partial charge is 0.408 e. The predicted octanol–water partition coefficient (Wildman–Crippen LogP) is 6.59. The molecular formula is C38H55N3O6. The van der Waals surface area contributed by atoms with E-state index in [1.807, 2.05) is 83.1 Å². The lowest BCUT2D eigenvalue weighted by Crippen LogP contribution is -2.56. The summed E-state index contributed by atoms with van der Waals surface area (Å²) in [5.41, 5.74) is 1.76. The van der Waals surface area contributed by atoms with Gasteiger partial charge in [-0.15, -0.1) is 0 Å². The van der Waals surface area contributed by atoms with E-state index in [-0.39, 0.29) is 30.2 Å². The van der Waals surface area contributed by atoms with Crippen molar-refractivity contribution in [3.05, 3.63) is 70.8 Å². The number of hydrogen-bond donors (Lipinski definition) is 2. The van der Waals surface area contributed by atoms with Crippen molar-refractivity contribution >= 4 is 23.9 Å². The molecule has 1 fully saturated rings. The molecule has 0 heterocycles. The number of carbonyl (C=O) groups excluding carboxylic acids is 4. The van der Waals surface area contributed by atoms with E-state index in [9.17, 15) is 19.2 Å². The Bertz CT molecular complexity index is 1410. The van der Waals surface area contributed by atoms with Gasteiger partial charge in [0.15, 0.2) is 0 Å². The molecule has 2 aromatic carbocycles. The monoisotopic (exact) mass is 649 g/mol. The largest absolute Gasteiger partial charge is 0.458 e. The second-order valence-corrected chi connectivity index (χ2v) is 15.4. The lowest BCUT2D eigenvalue weighted by Gasteiger charge is -2.37. The molecule has 5 atom stereocenters. The van der Waals surface area contributed by atoms with Crippen molar-refractivity contribution < 1.29 is 28.7 Å². The molecule has 5 unspecified atom stereocenters. The lowest BCUT2D eigenvalue weighted by atomic mass is 9.94. The van der Waals surface area contributed by atoms with Crippen molar-refractivity contribution in [3.63, 3.8) is 0 Å². The maximum Gasteiger partial charge on any atom is 0.408 e. The highest BCUT2D eigenvalue weighted by molar-refractivity contribution is 5.94. The zero-order valence-corrected chi connectivity index (χ0v) is 30.1. The summed E-state index contributed by atoms with van der Waals surface area (Å²) in [6, 6.07) is 12.0. The summed E-state index contributed by atoms with van der Waals surface area (Å²) in [7, 11) is 0. The fraction of sp³-hybridized carbons (Fsp3) is 0.579. The summed E-state index contributed by atoms with van der Waals surface area (Å²) < 4.78 is 11.3. The normalized spacial score (nSPS) is 18.0. The van der Waals surface area contributed by atoms with E-state index in [2.05, 4.69) is 10.6 Å². The number of aryl methyl sites for hydroxylation is 2. The van der Waals surface area contributed by atoms with E-state index in [1.165, 1.54) is 0 Å². The van der Waals surface area contributed by atoms with Crippen molar-refractivity contribution in [2.75, 3.05) is 0 Å². The Labute approximate surface area is 281 Å². The third kappa shape index (κ3) is 11.4. The van der Waals surface area contributed by atoms with Crippen LogP contribution in [0.3, 0.4) is 0 Å². The Morgan fingerprint density at radius 2 is 1.47 bits per heavy atom. The van der Waals surface area contributed by atoms with Crippen LogP contribution in [-0.2, 0) is 30.3 Å². The van der Waals surface area contributed by atoms with E-state index >= 15 is 0 Å². The maximum absolute atomic E-state index is 14.7. The summed E-state index contributed by atoms with van der Waals surface area (Å²) in [6.45, 7) is 20.5. The van der Waals surface area contributed by atoms with Crippen molar-refractivity contribution in [2.24, 2.45) is 11.8 Å². The number of amides is 3. The molecule has 0 aliphatic heterocycles. The first-order valence-electron chi connectivity index (χ1n) is 16.7. The van der Waals surface area contributed by atoms with Gasteiger partial charge < -0.3 is 25.0 Å². The molecule has 1 aliphatic rings. The number of nitrogens with zero attached hydrogens (tertiary/aromatic N) is 1. The Balaban J connectivity index is 2.11. The number of carbonyl (C=O) groups is 4. The SMILES string of the molecule is Cc1ccc(C)c(C(C(=O)NC(Cc2ccccc2)C(=O)OC(C)(C)C)N(C(=O)C(CC(C)C)NC(=O)OC(C)(C)C)C2CC2C)c1. The van der Waals surface area contributed by atoms with Gasteiger partial charge >= 0.3 is 12.1 Å². The summed E-state index contributed by atoms with van der Waals surface area (Å²) in [5.74, 6) is -1.20. The van der Waals surface area contributed by atoms with Crippen LogP contribution in [0.2, 0.25) is 0 Å². The molecule has 9 nitrogen and oxygen atoms in total. The van der Waals surface area contributed by atoms with Crippen molar-refractivity contribution in [1.29, 1.82) is 0 Å². The zero-order chi connectivity index (χ0) is 35.3. The van der Waals surface area contributed by atoms with Crippen LogP contribution >= 0.6 is 0 Å². The first-order chi connectivity index (χ1) is 21.8. The molecular weight excluding hydrogens is 594 g/mol. The molecule has 2 N–H and O–H groups in total. The standard InChI is InChI=1S/C38H55N3O6/c1-23(2)19-29(40-36(45)47-38(9,10)11)34(43)41(31-21-26(31)5)32(28-20-24(3)17-18-25(28)4)33(42)39-30(35(44)46-37(6,7)8)22-27-15-13-12-14-16-27/h12-18,20,23,26,29-32H,19,21-22H2,1-11H3,(H,39,42)(H,40,45). The van der Waals surface area contributed by atoms with Crippen LogP contribution in [0, 0.1) is 25.7 Å². The van der Waals surface area contributed by atoms with Gasteiger partial charge in [-0.3, -0.25) is 9.59 Å². The number of rotatable bonds is 12. The number of ether oxygens (including phenoxy) is 2. The van der Waals surface area contributed by atoms with E-state index < -0.39 is 47.3 Å². The molecule has 0 bridgehead atoms. The molecule has 258 valence electrons. The Morgan fingerprint density at radius 3 is 2.00 bits per heavy atom. The highest BCUT2D eigenvalue weighted by Gasteiger charge is 2.49. The second kappa shape index (κ2) is 15.3. The van der Waals surface area contributed by atoms with Gasteiger partial charge in [-0.05, 0) is 96.8 Å². The average Bonchev–Trinajstić information content (AvgIpc) is 3.65. The molecule has 0 radical (unpaired) electrons. The first kappa shape index (κ1) is 37.6. The molecule has 0 saturated heterocycles. The molecule has 47 heavy (non-hydrogen) atoms. The minimum atomic E-state index is -1.06. The number of esters is 1. The van der Waals surface area contributed by atoms with Crippen LogP contribution in [0.5, 0.6) is 0 Å². The minimum Gasteiger partial charge on any atom is -0.458 e. The van der Waals surface area contributed by atoms with Gasteiger partial charge in [-0.1, -0.05) is 74.9 Å². The van der Waals surface area contributed by atoms with E-state index in [0.29, 0.717) is 18.4 Å². The van der Waals surface area contributed by atoms with Gasteiger partial charge in [-0.25, -0.2) is 9.59 Å². The fourth-order valence-corrected chi connectivity index (χ4v) is 5.63. The summed E-state index contributed by atoms with van der Waals surface area (Å²) in [5, 5.41) is 5.81. The highest BCUT2D eigenvalue weighted by Crippen LogP contribution is 2.42. The predicted molar refractivity (Wildman–Crippen MR) is 184 cm³/mol. The highest BCUT2D eigenvalue weighted by atomic mass is 16.6. The average molecular weight is 650 g/mol. The molecule has 0 aromatic heterocycles. The molecule has 1 aliphatic carbocycles. The van der Waals surface area contributed by atoms with Gasteiger partial charge in [0.2, 0.25) is 11.8 Å². The van der Waals surface area contributed by atoms with Crippen molar-refractivity contribution in [3.8, 4) is 0 Å². The third-order valence-electron chi connectivity index (χ3n) is 7.92. The second-order valence-electron chi connectivity index (χ2n) is 15.4. The van der Waals surface area contributed by atoms with Crippen LogP contribution in [0.4, 0.5) is 4.79 Å². The molecule has 2 aromatic rings. The van der Waals surface area contributed by atoms with Gasteiger partial charge in [0, 0.05) is 12.5 Å². The Morgan fingerprint density at radius 1 is 0.872 bits per heavy atom. The van der Waals surface area contributed by atoms with Gasteiger partial charge in [0.1, 0.15) is 29.3 Å². The third-order valence-corrected chi connectivity index (χ3v) is 7.92. The molecule has 1 saturated carbocycles. The van der Waals surface area contributed by atoms with E-state index in [0.717, 1.165) is 16.7 Å². The summed E-state index contributed by atoms with van der Waals surface area (Å²) in [4.78, 5) is 57.6. The van der Waals surface area contributed by atoms with Crippen LogP contribution < -0.4 is 10.6 Å². The number of benzene rings is 2.